The topological polar surface area (TPSA) is 52.6 Å². The van der Waals surface area contributed by atoms with Crippen LogP contribution >= 0.6 is 0 Å². The molecule has 0 N–H and O–H groups in total. The number of aldehydes is 2. The van der Waals surface area contributed by atoms with Crippen molar-refractivity contribution in [2.75, 3.05) is 0 Å². The molecule has 0 saturated heterocycles. The summed E-state index contributed by atoms with van der Waals surface area (Å²) in [6, 6.07) is 18.4. The maximum Gasteiger partial charge on any atom is 0.411 e. The van der Waals surface area contributed by atoms with Gasteiger partial charge in [0, 0.05) is 11.1 Å². The Labute approximate surface area is 218 Å². The highest BCUT2D eigenvalue weighted by molar-refractivity contribution is 5.75. The molecule has 4 aromatic rings. The molecule has 0 saturated carbocycles. The maximum absolute atomic E-state index is 14.4. The van der Waals surface area contributed by atoms with Crippen LogP contribution in [0.4, 0.5) is 26.3 Å². The fraction of sp³-hybridized carbons (Fsp3) is 0.103. The Morgan fingerprint density at radius 3 is 0.923 bits per heavy atom. The molecule has 4 aromatic carbocycles. The minimum absolute atomic E-state index is 0.000183. The number of carbonyl (C=O) groups is 2. The summed E-state index contributed by atoms with van der Waals surface area (Å²) in [6.07, 6.45) is -10.3. The van der Waals surface area contributed by atoms with Crippen LogP contribution in [0.15, 0.2) is 97.1 Å². The van der Waals surface area contributed by atoms with E-state index >= 15 is 0 Å². The van der Waals surface area contributed by atoms with E-state index in [2.05, 4.69) is 0 Å². The summed E-state index contributed by atoms with van der Waals surface area (Å²) in [4.78, 5) is 21.5. The van der Waals surface area contributed by atoms with Crippen LogP contribution in [0.3, 0.4) is 0 Å². The second kappa shape index (κ2) is 10.6. The Hall–Kier alpha value is -4.60. The van der Waals surface area contributed by atoms with Gasteiger partial charge in [0.1, 0.15) is 35.6 Å². The van der Waals surface area contributed by atoms with Crippen molar-refractivity contribution in [3.8, 4) is 23.0 Å². The SMILES string of the molecule is O=Cc1ccc(Oc2ccc(C(c3ccc(Oc4ccc(C=O)cc4)cc3)(C(F)(F)F)C(F)(F)F)cc2)cc1. The van der Waals surface area contributed by atoms with Crippen molar-refractivity contribution in [1.29, 1.82) is 0 Å². The summed E-state index contributed by atoms with van der Waals surface area (Å²) in [7, 11) is 0. The molecule has 0 aliphatic rings. The monoisotopic (exact) mass is 544 g/mol. The lowest BCUT2D eigenvalue weighted by molar-refractivity contribution is -0.288. The van der Waals surface area contributed by atoms with Crippen molar-refractivity contribution in [2.24, 2.45) is 0 Å². The molecule has 4 rings (SSSR count). The fourth-order valence-corrected chi connectivity index (χ4v) is 4.03. The summed E-state index contributed by atoms with van der Waals surface area (Å²) < 4.78 is 97.6. The minimum Gasteiger partial charge on any atom is -0.457 e. The molecule has 0 fully saturated rings. The number of carbonyl (C=O) groups excluding carboxylic acids is 2. The van der Waals surface area contributed by atoms with E-state index in [1.54, 1.807) is 0 Å². The summed E-state index contributed by atoms with van der Waals surface area (Å²) in [6.45, 7) is 0. The predicted octanol–water partition coefficient (Wildman–Crippen LogP) is 8.31. The number of halogens is 6. The Kier molecular flexibility index (Phi) is 7.49. The van der Waals surface area contributed by atoms with Gasteiger partial charge < -0.3 is 9.47 Å². The predicted molar refractivity (Wildman–Crippen MR) is 130 cm³/mol. The first-order valence-electron chi connectivity index (χ1n) is 11.3. The number of rotatable bonds is 8. The lowest BCUT2D eigenvalue weighted by Gasteiger charge is -2.38. The fourth-order valence-electron chi connectivity index (χ4n) is 4.03. The van der Waals surface area contributed by atoms with Crippen molar-refractivity contribution in [1.82, 2.24) is 0 Å². The van der Waals surface area contributed by atoms with Gasteiger partial charge in [-0.3, -0.25) is 9.59 Å². The first-order valence-corrected chi connectivity index (χ1v) is 11.3. The number of alkyl halides is 6. The molecule has 0 atom stereocenters. The molecule has 0 spiro atoms. The largest absolute Gasteiger partial charge is 0.457 e. The van der Waals surface area contributed by atoms with Gasteiger partial charge in [-0.05, 0) is 83.9 Å². The molecule has 0 heterocycles. The highest BCUT2D eigenvalue weighted by atomic mass is 19.4. The molecule has 0 unspecified atom stereocenters. The Balaban J connectivity index is 1.69. The average Bonchev–Trinajstić information content (AvgIpc) is 2.90. The second-order valence-corrected chi connectivity index (χ2v) is 8.37. The smallest absolute Gasteiger partial charge is 0.411 e. The van der Waals surface area contributed by atoms with Crippen LogP contribution in [-0.4, -0.2) is 24.9 Å². The van der Waals surface area contributed by atoms with Gasteiger partial charge in [-0.15, -0.1) is 0 Å². The van der Waals surface area contributed by atoms with Gasteiger partial charge in [-0.25, -0.2) is 0 Å². The molecule has 0 radical (unpaired) electrons. The molecule has 0 aromatic heterocycles. The van der Waals surface area contributed by atoms with Crippen molar-refractivity contribution in [3.63, 3.8) is 0 Å². The van der Waals surface area contributed by atoms with Crippen LogP contribution in [-0.2, 0) is 5.41 Å². The van der Waals surface area contributed by atoms with Crippen LogP contribution in [0.25, 0.3) is 0 Å². The quantitative estimate of drug-likeness (QED) is 0.165. The van der Waals surface area contributed by atoms with E-state index in [1.165, 1.54) is 48.5 Å². The van der Waals surface area contributed by atoms with Gasteiger partial charge in [0.2, 0.25) is 5.41 Å². The Morgan fingerprint density at radius 1 is 0.436 bits per heavy atom. The second-order valence-electron chi connectivity index (χ2n) is 8.37. The molecule has 0 aliphatic carbocycles. The van der Waals surface area contributed by atoms with Crippen LogP contribution in [0.5, 0.6) is 23.0 Å². The van der Waals surface area contributed by atoms with Crippen molar-refractivity contribution < 1.29 is 45.4 Å². The van der Waals surface area contributed by atoms with Gasteiger partial charge in [0.15, 0.2) is 0 Å². The van der Waals surface area contributed by atoms with Crippen LogP contribution in [0.1, 0.15) is 31.8 Å². The average molecular weight is 544 g/mol. The van der Waals surface area contributed by atoms with E-state index in [0.717, 1.165) is 48.5 Å². The van der Waals surface area contributed by atoms with Crippen molar-refractivity contribution >= 4 is 12.6 Å². The molecule has 10 heteroatoms. The van der Waals surface area contributed by atoms with Gasteiger partial charge in [-0.2, -0.15) is 26.3 Å². The molecule has 39 heavy (non-hydrogen) atoms. The van der Waals surface area contributed by atoms with Crippen LogP contribution in [0, 0.1) is 0 Å². The van der Waals surface area contributed by atoms with E-state index in [4.69, 9.17) is 9.47 Å². The number of ether oxygens (including phenoxy) is 2. The Morgan fingerprint density at radius 2 is 0.692 bits per heavy atom. The molecule has 4 nitrogen and oxygen atoms in total. The zero-order valence-electron chi connectivity index (χ0n) is 19.8. The molecular formula is C29H18F6O4. The summed E-state index contributed by atoms with van der Waals surface area (Å²) >= 11 is 0. The maximum atomic E-state index is 14.4. The van der Waals surface area contributed by atoms with Crippen molar-refractivity contribution in [2.45, 2.75) is 17.8 Å². The molecule has 0 bridgehead atoms. The third-order valence-electron chi connectivity index (χ3n) is 5.93. The molecule has 200 valence electrons. The summed E-state index contributed by atoms with van der Waals surface area (Å²) in [5, 5.41) is 0. The lowest BCUT2D eigenvalue weighted by atomic mass is 9.73. The number of hydrogen-bond acceptors (Lipinski definition) is 4. The van der Waals surface area contributed by atoms with Gasteiger partial charge in [0.25, 0.3) is 0 Å². The van der Waals surface area contributed by atoms with E-state index in [1.807, 2.05) is 0 Å². The van der Waals surface area contributed by atoms with Gasteiger partial charge in [-0.1, -0.05) is 24.3 Å². The summed E-state index contributed by atoms with van der Waals surface area (Å²) in [5.74, 6) is 0.477. The Bertz CT molecular complexity index is 1310. The van der Waals surface area contributed by atoms with E-state index in [0.29, 0.717) is 23.7 Å². The van der Waals surface area contributed by atoms with Gasteiger partial charge in [0.05, 0.1) is 0 Å². The first kappa shape index (κ1) is 27.4. The standard InChI is InChI=1S/C29H18F6O4/c30-28(31,32)27(29(33,34)35,21-5-13-25(14-6-21)38-23-9-1-19(17-36)2-10-23)22-7-15-26(16-8-22)39-24-11-3-20(18-37)4-12-24/h1-18H. The zero-order chi connectivity index (χ0) is 28.3. The highest BCUT2D eigenvalue weighted by Crippen LogP contribution is 2.56. The van der Waals surface area contributed by atoms with E-state index in [-0.39, 0.29) is 23.0 Å². The zero-order valence-corrected chi connectivity index (χ0v) is 19.8. The van der Waals surface area contributed by atoms with Crippen molar-refractivity contribution in [3.05, 3.63) is 119 Å². The number of benzene rings is 4. The molecule has 0 amide bonds. The van der Waals surface area contributed by atoms with Crippen LogP contribution < -0.4 is 9.47 Å². The molecule has 0 aliphatic heterocycles. The third kappa shape index (κ3) is 5.50. The minimum atomic E-state index is -5.76. The van der Waals surface area contributed by atoms with Crippen LogP contribution in [0.2, 0.25) is 0 Å². The first-order chi connectivity index (χ1) is 18.5. The third-order valence-corrected chi connectivity index (χ3v) is 5.93. The lowest BCUT2D eigenvalue weighted by Crippen LogP contribution is -2.54. The summed E-state index contributed by atoms with van der Waals surface area (Å²) in [5.41, 5.74) is -5.71. The highest BCUT2D eigenvalue weighted by Gasteiger charge is 2.72. The van der Waals surface area contributed by atoms with Gasteiger partial charge >= 0.3 is 12.4 Å². The van der Waals surface area contributed by atoms with E-state index in [9.17, 15) is 35.9 Å². The molecular weight excluding hydrogens is 526 g/mol. The number of hydrogen-bond donors (Lipinski definition) is 0. The normalized spacial score (nSPS) is 12.1. The van der Waals surface area contributed by atoms with E-state index < -0.39 is 28.9 Å².